The van der Waals surface area contributed by atoms with Crippen LogP contribution in [0.1, 0.15) is 82.1 Å². The number of hydrogen-bond acceptors (Lipinski definition) is 6. The molecule has 1 saturated heterocycles. The van der Waals surface area contributed by atoms with E-state index in [4.69, 9.17) is 23.7 Å². The molecule has 1 aliphatic rings. The third-order valence-corrected chi connectivity index (χ3v) is 11.3. The fraction of sp³-hybridized carbons (Fsp3) is 0.447. The molecule has 1 fully saturated rings. The Labute approximate surface area is 332 Å². The van der Waals surface area contributed by atoms with Crippen molar-refractivity contribution in [2.24, 2.45) is 0 Å². The number of benzene rings is 4. The zero-order chi connectivity index (χ0) is 38.7. The topological polar surface area (TPSA) is 75.2 Å². The Bertz CT molecular complexity index is 1670. The maximum absolute atomic E-state index is 13.4. The largest absolute Gasteiger partial charge is 0.374 e. The van der Waals surface area contributed by atoms with E-state index in [0.29, 0.717) is 45.9 Å². The molecular weight excluding hydrogens is 707 g/mol. The average molecular weight is 768 g/mol. The molecule has 7 atom stereocenters. The normalized spacial score (nSPS) is 21.4. The van der Waals surface area contributed by atoms with Gasteiger partial charge in [-0.25, -0.2) is 8.93 Å². The molecule has 1 unspecified atom stereocenters. The van der Waals surface area contributed by atoms with Gasteiger partial charge in [-0.1, -0.05) is 153 Å². The van der Waals surface area contributed by atoms with Crippen molar-refractivity contribution in [2.75, 3.05) is 6.61 Å². The highest BCUT2D eigenvalue weighted by Gasteiger charge is 2.48. The molecule has 0 spiro atoms. The number of hydrogen-bond donors (Lipinski definition) is 1. The average Bonchev–Trinajstić information content (AvgIpc) is 3.20. The van der Waals surface area contributed by atoms with Crippen LogP contribution in [-0.2, 0) is 61.1 Å². The van der Waals surface area contributed by atoms with Gasteiger partial charge in [-0.15, -0.1) is 0 Å². The van der Waals surface area contributed by atoms with Gasteiger partial charge in [0, 0.05) is 6.04 Å². The van der Waals surface area contributed by atoms with Crippen molar-refractivity contribution in [1.82, 2.24) is 4.72 Å². The summed E-state index contributed by atoms with van der Waals surface area (Å²) in [6.45, 7) is 10.1. The smallest absolute Gasteiger partial charge is 0.115 e. The monoisotopic (exact) mass is 767 g/mol. The zero-order valence-electron chi connectivity index (χ0n) is 33.1. The molecule has 1 aliphatic heterocycles. The Morgan fingerprint density at radius 1 is 0.673 bits per heavy atom. The van der Waals surface area contributed by atoms with Gasteiger partial charge in [0.2, 0.25) is 0 Å². The minimum absolute atomic E-state index is 0.112. The summed E-state index contributed by atoms with van der Waals surface area (Å²) in [7, 11) is -1.24. The second kappa shape index (κ2) is 22.9. The molecule has 4 aromatic carbocycles. The van der Waals surface area contributed by atoms with E-state index in [2.05, 4.69) is 72.3 Å². The predicted octanol–water partition coefficient (Wildman–Crippen LogP) is 9.67. The van der Waals surface area contributed by atoms with E-state index < -0.39 is 40.1 Å². The Kier molecular flexibility index (Phi) is 17.8. The van der Waals surface area contributed by atoms with Crippen molar-refractivity contribution < 1.29 is 27.9 Å². The van der Waals surface area contributed by atoms with E-state index in [1.807, 2.05) is 93.6 Å². The molecule has 7 nitrogen and oxygen atoms in total. The summed E-state index contributed by atoms with van der Waals surface area (Å²) >= 11 is 0. The molecule has 5 rings (SSSR count). The fourth-order valence-electron chi connectivity index (χ4n) is 6.55. The van der Waals surface area contributed by atoms with Crippen LogP contribution >= 0.6 is 0 Å². The lowest BCUT2D eigenvalue weighted by atomic mass is 9.90. The van der Waals surface area contributed by atoms with Gasteiger partial charge in [0.05, 0.1) is 54.9 Å². The van der Waals surface area contributed by atoms with Crippen LogP contribution in [0.3, 0.4) is 0 Å². The van der Waals surface area contributed by atoms with Gasteiger partial charge in [-0.2, -0.15) is 0 Å². The van der Waals surface area contributed by atoms with Gasteiger partial charge in [0.25, 0.3) is 0 Å². The SMILES string of the molecule is CCCC/C=C/[C@H](CC[C@H]1O[C@H](COCc2ccccc2)[C@H](OCc2ccccc2)[C@H](OCc2ccccc2)[C@H]1OCc1ccccc1)NS(=O)C(C)(C)C. The molecule has 0 amide bonds. The van der Waals surface area contributed by atoms with Crippen molar-refractivity contribution >= 4 is 11.0 Å². The molecule has 0 bridgehead atoms. The van der Waals surface area contributed by atoms with Crippen molar-refractivity contribution in [3.8, 4) is 0 Å². The Balaban J connectivity index is 1.47. The molecule has 0 radical (unpaired) electrons. The molecule has 296 valence electrons. The fourth-order valence-corrected chi connectivity index (χ4v) is 7.38. The van der Waals surface area contributed by atoms with Crippen LogP contribution in [0.4, 0.5) is 0 Å². The van der Waals surface area contributed by atoms with Gasteiger partial charge < -0.3 is 23.7 Å². The summed E-state index contributed by atoms with van der Waals surface area (Å²) in [6.07, 6.45) is 6.71. The number of allylic oxidation sites excluding steroid dienone is 1. The summed E-state index contributed by atoms with van der Waals surface area (Å²) < 4.78 is 50.6. The molecule has 1 N–H and O–H groups in total. The van der Waals surface area contributed by atoms with Crippen molar-refractivity contribution in [1.29, 1.82) is 0 Å². The van der Waals surface area contributed by atoms with Crippen LogP contribution in [0, 0.1) is 0 Å². The van der Waals surface area contributed by atoms with E-state index >= 15 is 0 Å². The Morgan fingerprint density at radius 3 is 1.60 bits per heavy atom. The summed E-state index contributed by atoms with van der Waals surface area (Å²) in [4.78, 5) is 0. The van der Waals surface area contributed by atoms with Crippen molar-refractivity contribution in [3.05, 3.63) is 156 Å². The van der Waals surface area contributed by atoms with Crippen molar-refractivity contribution in [2.45, 2.75) is 128 Å². The Hall–Kier alpha value is -3.47. The molecular formula is C47H61NO6S. The minimum atomic E-state index is -1.24. The summed E-state index contributed by atoms with van der Waals surface area (Å²) in [5.41, 5.74) is 4.29. The van der Waals surface area contributed by atoms with E-state index in [1.54, 1.807) is 0 Å². The molecule has 55 heavy (non-hydrogen) atoms. The first-order chi connectivity index (χ1) is 26.8. The van der Waals surface area contributed by atoms with Crippen LogP contribution in [0.25, 0.3) is 0 Å². The van der Waals surface area contributed by atoms with Gasteiger partial charge >= 0.3 is 0 Å². The quantitative estimate of drug-likeness (QED) is 0.0635. The third kappa shape index (κ3) is 14.5. The number of rotatable bonds is 22. The maximum atomic E-state index is 13.4. The summed E-state index contributed by atoms with van der Waals surface area (Å²) in [5, 5.41) is 0. The van der Waals surface area contributed by atoms with Crippen molar-refractivity contribution in [3.63, 3.8) is 0 Å². The maximum Gasteiger partial charge on any atom is 0.115 e. The molecule has 8 heteroatoms. The number of ether oxygens (including phenoxy) is 5. The lowest BCUT2D eigenvalue weighted by Gasteiger charge is -2.46. The molecule has 0 saturated carbocycles. The first kappa shape index (κ1) is 42.7. The van der Waals surface area contributed by atoms with Crippen LogP contribution in [0.5, 0.6) is 0 Å². The van der Waals surface area contributed by atoms with Gasteiger partial charge in [0.15, 0.2) is 0 Å². The van der Waals surface area contributed by atoms with Crippen LogP contribution in [-0.4, -0.2) is 52.1 Å². The second-order valence-corrected chi connectivity index (χ2v) is 17.2. The highest BCUT2D eigenvalue weighted by atomic mass is 32.2. The van der Waals surface area contributed by atoms with Gasteiger partial charge in [-0.05, 0) is 62.3 Å². The molecule has 0 aliphatic carbocycles. The van der Waals surface area contributed by atoms with Gasteiger partial charge in [0.1, 0.15) is 24.4 Å². The van der Waals surface area contributed by atoms with Gasteiger partial charge in [-0.3, -0.25) is 0 Å². The number of unbranched alkanes of at least 4 members (excludes halogenated alkanes) is 2. The second-order valence-electron chi connectivity index (χ2n) is 15.3. The van der Waals surface area contributed by atoms with E-state index in [0.717, 1.165) is 41.5 Å². The predicted molar refractivity (Wildman–Crippen MR) is 223 cm³/mol. The van der Waals surface area contributed by atoms with Crippen LogP contribution in [0.2, 0.25) is 0 Å². The minimum Gasteiger partial charge on any atom is -0.374 e. The summed E-state index contributed by atoms with van der Waals surface area (Å²) in [5.74, 6) is 0. The zero-order valence-corrected chi connectivity index (χ0v) is 33.9. The van der Waals surface area contributed by atoms with E-state index in [9.17, 15) is 4.21 Å². The standard InChI is InChI=1S/C47H61NO6S/c1-5-6-7-20-29-41(48-55(49)47(2,3)4)30-31-42-44(51-33-38-23-14-9-15-24-38)46(53-35-40-27-18-11-19-28-40)45(52-34-39-25-16-10-17-26-39)43(54-42)36-50-32-37-21-12-8-13-22-37/h8-29,41-46,48H,5-7,30-36H2,1-4H3/b29-20+/t41-,42-,43-,44+,45+,46-,55?/m1/s1. The Morgan fingerprint density at radius 2 is 1.13 bits per heavy atom. The third-order valence-electron chi connectivity index (χ3n) is 9.65. The highest BCUT2D eigenvalue weighted by Crippen LogP contribution is 2.33. The highest BCUT2D eigenvalue weighted by molar-refractivity contribution is 7.84. The first-order valence-corrected chi connectivity index (χ1v) is 21.0. The van der Waals surface area contributed by atoms with E-state index in [1.165, 1.54) is 0 Å². The lowest BCUT2D eigenvalue weighted by Crippen LogP contribution is -2.61. The van der Waals surface area contributed by atoms with Crippen LogP contribution in [0.15, 0.2) is 133 Å². The molecule has 4 aromatic rings. The first-order valence-electron chi connectivity index (χ1n) is 19.9. The molecule has 0 aromatic heterocycles. The number of nitrogens with one attached hydrogen (secondary N) is 1. The van der Waals surface area contributed by atoms with E-state index in [-0.39, 0.29) is 12.1 Å². The van der Waals surface area contributed by atoms with Crippen LogP contribution < -0.4 is 4.72 Å². The molecule has 1 heterocycles. The lowest BCUT2D eigenvalue weighted by molar-refractivity contribution is -0.273. The summed E-state index contributed by atoms with van der Waals surface area (Å²) in [6, 6.07) is 40.7.